The van der Waals surface area contributed by atoms with Gasteiger partial charge in [-0.2, -0.15) is 9.37 Å². The van der Waals surface area contributed by atoms with E-state index in [2.05, 4.69) is 15.3 Å². The highest BCUT2D eigenvalue weighted by Crippen LogP contribution is 2.46. The van der Waals surface area contributed by atoms with Crippen LogP contribution in [0.25, 0.3) is 11.3 Å². The van der Waals surface area contributed by atoms with E-state index in [1.165, 1.54) is 32.4 Å². The Labute approximate surface area is 289 Å². The average Bonchev–Trinajstić information content (AvgIpc) is 3.86. The number of hydrogen-bond acceptors (Lipinski definition) is 9. The zero-order valence-corrected chi connectivity index (χ0v) is 27.9. The molecule has 0 spiro atoms. The summed E-state index contributed by atoms with van der Waals surface area (Å²) in [5, 5.41) is 2.47. The van der Waals surface area contributed by atoms with Crippen molar-refractivity contribution in [2.24, 2.45) is 10.7 Å². The number of fused-ring (bicyclic) bond motifs is 1. The molecule has 1 aliphatic carbocycles. The molecule has 4 aromatic rings. The molecule has 0 radical (unpaired) electrons. The van der Waals surface area contributed by atoms with Crippen molar-refractivity contribution < 1.29 is 37.0 Å². The highest BCUT2D eigenvalue weighted by molar-refractivity contribution is 6.31. The topological polar surface area (TPSA) is 164 Å². The smallest absolute Gasteiger partial charge is 0.251 e. The van der Waals surface area contributed by atoms with Gasteiger partial charge in [-0.25, -0.2) is 13.8 Å². The van der Waals surface area contributed by atoms with Gasteiger partial charge >= 0.3 is 0 Å². The predicted octanol–water partition coefficient (Wildman–Crippen LogP) is 5.09. The van der Waals surface area contributed by atoms with Crippen molar-refractivity contribution in [2.45, 2.75) is 37.1 Å². The Morgan fingerprint density at radius 2 is 1.86 bits per heavy atom. The van der Waals surface area contributed by atoms with E-state index in [-0.39, 0.29) is 75.2 Å². The molecule has 2 amide bonds. The van der Waals surface area contributed by atoms with Crippen LogP contribution in [0.5, 0.6) is 17.4 Å². The fraction of sp³-hybridized carbons (Fsp3) is 0.286. The Bertz CT molecular complexity index is 2060. The summed E-state index contributed by atoms with van der Waals surface area (Å²) in [6.07, 6.45) is 3.55. The molecule has 0 saturated heterocycles. The van der Waals surface area contributed by atoms with Crippen LogP contribution in [0.2, 0.25) is 5.02 Å². The lowest BCUT2D eigenvalue weighted by Gasteiger charge is -2.23. The van der Waals surface area contributed by atoms with Crippen LogP contribution >= 0.6 is 11.6 Å². The number of methoxy groups -OCH3 is 2. The van der Waals surface area contributed by atoms with Gasteiger partial charge in [0.15, 0.2) is 0 Å². The Hall–Kier alpha value is -5.37. The van der Waals surface area contributed by atoms with E-state index in [1.54, 1.807) is 19.2 Å². The highest BCUT2D eigenvalue weighted by atomic mass is 35.5. The number of primary amides is 1. The lowest BCUT2D eigenvalue weighted by molar-refractivity contribution is -0.123. The number of benzene rings is 2. The Kier molecular flexibility index (Phi) is 9.31. The van der Waals surface area contributed by atoms with E-state index in [1.807, 2.05) is 0 Å². The van der Waals surface area contributed by atoms with Crippen LogP contribution < -0.4 is 31.0 Å². The summed E-state index contributed by atoms with van der Waals surface area (Å²) in [5.74, 6) is -4.90. The van der Waals surface area contributed by atoms with Crippen LogP contribution in [-0.4, -0.2) is 61.4 Å². The third kappa shape index (κ3) is 6.62. The van der Waals surface area contributed by atoms with Crippen molar-refractivity contribution in [1.29, 1.82) is 0 Å². The van der Waals surface area contributed by atoms with E-state index in [9.17, 15) is 18.4 Å². The molecule has 2 aromatic carbocycles. The molecule has 2 aliphatic rings. The van der Waals surface area contributed by atoms with Crippen molar-refractivity contribution in [3.05, 3.63) is 93.0 Å². The van der Waals surface area contributed by atoms with Crippen LogP contribution in [0.3, 0.4) is 0 Å². The second-order valence-electron chi connectivity index (χ2n) is 12.2. The Morgan fingerprint density at radius 1 is 1.10 bits per heavy atom. The van der Waals surface area contributed by atoms with Crippen LogP contribution in [0.15, 0.2) is 47.5 Å². The molecule has 1 saturated carbocycles. The number of ether oxygens (including phenoxy) is 3. The van der Waals surface area contributed by atoms with Crippen molar-refractivity contribution in [3.8, 4) is 28.6 Å². The molecule has 6 rings (SSSR count). The van der Waals surface area contributed by atoms with Gasteiger partial charge in [0.25, 0.3) is 5.91 Å². The van der Waals surface area contributed by atoms with E-state index in [0.717, 1.165) is 25.0 Å². The third-order valence-corrected chi connectivity index (χ3v) is 9.05. The minimum atomic E-state index is -1.39. The lowest BCUT2D eigenvalue weighted by atomic mass is 9.81. The number of carbonyl (C=O) groups is 2. The zero-order chi connectivity index (χ0) is 35.9. The van der Waals surface area contributed by atoms with Gasteiger partial charge in [0.05, 0.1) is 36.7 Å². The summed E-state index contributed by atoms with van der Waals surface area (Å²) in [6, 6.07) is 9.02. The van der Waals surface area contributed by atoms with Gasteiger partial charge in [0.1, 0.15) is 40.8 Å². The minimum absolute atomic E-state index is 0.0345. The molecule has 2 aromatic heterocycles. The Balaban J connectivity index is 1.47. The maximum absolute atomic E-state index is 15.4. The number of nitrogens with one attached hydrogen (secondary N) is 1. The monoisotopic (exact) mass is 708 g/mol. The van der Waals surface area contributed by atoms with Crippen molar-refractivity contribution in [2.75, 3.05) is 33.1 Å². The molecule has 15 heteroatoms. The first kappa shape index (κ1) is 34.5. The van der Waals surface area contributed by atoms with Gasteiger partial charge in [-0.1, -0.05) is 11.6 Å². The molecule has 0 unspecified atom stereocenters. The molecule has 1 aliphatic heterocycles. The van der Waals surface area contributed by atoms with Gasteiger partial charge in [0, 0.05) is 53.1 Å². The number of anilines is 1. The number of rotatable bonds is 11. The molecular formula is C35H32ClF3N6O5. The average molecular weight is 709 g/mol. The van der Waals surface area contributed by atoms with Gasteiger partial charge in [-0.15, -0.1) is 0 Å². The third-order valence-electron chi connectivity index (χ3n) is 8.76. The molecule has 50 heavy (non-hydrogen) atoms. The second kappa shape index (κ2) is 13.5. The van der Waals surface area contributed by atoms with Crippen LogP contribution in [0.4, 0.5) is 18.9 Å². The normalized spacial score (nSPS) is 17.3. The summed E-state index contributed by atoms with van der Waals surface area (Å²) in [7, 11) is 2.73. The molecule has 3 heterocycles. The van der Waals surface area contributed by atoms with Crippen LogP contribution in [-0.2, 0) is 10.2 Å². The second-order valence-corrected chi connectivity index (χ2v) is 12.6. The maximum atomic E-state index is 15.4. The first-order valence-corrected chi connectivity index (χ1v) is 15.8. The first-order valence-electron chi connectivity index (χ1n) is 15.5. The largest absolute Gasteiger partial charge is 0.495 e. The van der Waals surface area contributed by atoms with E-state index >= 15 is 4.39 Å². The van der Waals surface area contributed by atoms with E-state index < -0.39 is 40.7 Å². The molecule has 1 fully saturated rings. The van der Waals surface area contributed by atoms with Gasteiger partial charge in [0.2, 0.25) is 17.7 Å². The number of aliphatic imine (C=N–C) groups is 1. The predicted molar refractivity (Wildman–Crippen MR) is 180 cm³/mol. The quantitative estimate of drug-likeness (QED) is 0.0839. The van der Waals surface area contributed by atoms with Crippen LogP contribution in [0.1, 0.15) is 58.4 Å². The number of nitrogens with zero attached hydrogens (tertiary/aromatic N) is 3. The summed E-state index contributed by atoms with van der Waals surface area (Å²) in [4.78, 5) is 39.4. The first-order chi connectivity index (χ1) is 23.8. The summed E-state index contributed by atoms with van der Waals surface area (Å²) in [6.45, 7) is 1.15. The highest BCUT2D eigenvalue weighted by Gasteiger charge is 2.44. The number of halogens is 4. The standard InChI is InChI=1S/C35H32ClF3N6O5/c1-35(34(41)47)15-50-32-22(35)11-26(44-31(32)20-10-23(36)25(38)12-24(20)37)21(16-8-28(39)45-29(9-16)49-3)14-43-33(46)17-6-18(13-42-19-4-5-19)30(40)27(7-17)48-2/h6-13,19,21H,4-5,14-15,40H2,1-3H3,(H2,41,47)(H,43,46)/t21-,35-/m0/s1. The maximum Gasteiger partial charge on any atom is 0.251 e. The minimum Gasteiger partial charge on any atom is -0.495 e. The summed E-state index contributed by atoms with van der Waals surface area (Å²) in [5.41, 5.74) is 12.0. The number of pyridine rings is 2. The number of hydrogen-bond donors (Lipinski definition) is 3. The number of amides is 2. The fourth-order valence-electron chi connectivity index (χ4n) is 5.62. The van der Waals surface area contributed by atoms with Gasteiger partial charge in [-0.3, -0.25) is 14.6 Å². The van der Waals surface area contributed by atoms with E-state index in [0.29, 0.717) is 17.3 Å². The van der Waals surface area contributed by atoms with Gasteiger partial charge in [-0.05, 0) is 55.7 Å². The molecule has 11 nitrogen and oxygen atoms in total. The van der Waals surface area contributed by atoms with Crippen molar-refractivity contribution in [1.82, 2.24) is 15.3 Å². The van der Waals surface area contributed by atoms with Crippen molar-refractivity contribution >= 4 is 35.3 Å². The number of carbonyl (C=O) groups excluding carboxylic acids is 2. The number of nitrogen functional groups attached to an aromatic ring is 1. The summed E-state index contributed by atoms with van der Waals surface area (Å²) < 4.78 is 60.9. The summed E-state index contributed by atoms with van der Waals surface area (Å²) >= 11 is 6.05. The number of aromatic nitrogens is 2. The zero-order valence-electron chi connectivity index (χ0n) is 27.2. The SMILES string of the molecule is COc1cc([C@H](CNC(=O)c2cc(C=NC3CC3)c(N)c(OC)c2)c2cc3c(c(-c4cc(Cl)c(F)cc4F)n2)OC[C@]3(C)C(N)=O)cc(F)n1. The van der Waals surface area contributed by atoms with Crippen LogP contribution in [0, 0.1) is 17.6 Å². The molecular weight excluding hydrogens is 677 g/mol. The van der Waals surface area contributed by atoms with Crippen molar-refractivity contribution in [3.63, 3.8) is 0 Å². The molecule has 0 bridgehead atoms. The molecule has 5 N–H and O–H groups in total. The Morgan fingerprint density at radius 3 is 2.54 bits per heavy atom. The molecule has 260 valence electrons. The lowest BCUT2D eigenvalue weighted by Crippen LogP contribution is -2.40. The molecule has 2 atom stereocenters. The van der Waals surface area contributed by atoms with Gasteiger partial charge < -0.3 is 31.0 Å². The fourth-order valence-corrected chi connectivity index (χ4v) is 5.79. The number of nitrogens with two attached hydrogens (primary N) is 2. The van der Waals surface area contributed by atoms with E-state index in [4.69, 9.17) is 42.3 Å².